The highest BCUT2D eigenvalue weighted by Gasteiger charge is 2.20. The number of hydrogen-bond acceptors (Lipinski definition) is 5. The third-order valence-corrected chi connectivity index (χ3v) is 4.20. The second kappa shape index (κ2) is 8.48. The molecule has 1 aliphatic heterocycles. The molecule has 6 heteroatoms. The van der Waals surface area contributed by atoms with E-state index in [1.165, 1.54) is 0 Å². The van der Waals surface area contributed by atoms with Gasteiger partial charge in [-0.1, -0.05) is 12.1 Å². The Morgan fingerprint density at radius 2 is 2.20 bits per heavy atom. The minimum atomic E-state index is 0.0670. The molecule has 1 aliphatic rings. The zero-order valence-corrected chi connectivity index (χ0v) is 14.3. The lowest BCUT2D eigenvalue weighted by molar-refractivity contribution is -0.125. The normalized spacial score (nSPS) is 16.9. The molecule has 1 amide bonds. The number of nitrogens with one attached hydrogen (secondary N) is 2. The molecule has 0 saturated carbocycles. The minimum absolute atomic E-state index is 0.0670. The quantitative estimate of drug-likeness (QED) is 0.845. The molecule has 1 aromatic carbocycles. The highest BCUT2D eigenvalue weighted by molar-refractivity contribution is 5.78. The molecule has 132 valence electrons. The fourth-order valence-electron chi connectivity index (χ4n) is 2.77. The lowest BCUT2D eigenvalue weighted by Gasteiger charge is -2.21. The van der Waals surface area contributed by atoms with Crippen LogP contribution in [0.15, 0.2) is 42.6 Å². The molecule has 2 aromatic rings. The Kier molecular flexibility index (Phi) is 5.85. The Morgan fingerprint density at radius 3 is 2.92 bits per heavy atom. The molecule has 3 rings (SSSR count). The van der Waals surface area contributed by atoms with Gasteiger partial charge < -0.3 is 20.1 Å². The van der Waals surface area contributed by atoms with E-state index in [1.807, 2.05) is 24.3 Å². The van der Waals surface area contributed by atoms with Gasteiger partial charge in [-0.15, -0.1) is 0 Å². The summed E-state index contributed by atoms with van der Waals surface area (Å²) >= 11 is 0. The van der Waals surface area contributed by atoms with Crippen molar-refractivity contribution in [1.29, 1.82) is 0 Å². The highest BCUT2D eigenvalue weighted by Crippen LogP contribution is 2.23. The predicted octanol–water partition coefficient (Wildman–Crippen LogP) is 2.50. The van der Waals surface area contributed by atoms with Gasteiger partial charge in [0.1, 0.15) is 11.5 Å². The van der Waals surface area contributed by atoms with Crippen LogP contribution in [0.3, 0.4) is 0 Å². The smallest absolute Gasteiger partial charge is 0.224 e. The standard InChI is InChI=1S/C19H23N3O3/c1-24-16-5-2-6-17(10-16)25-18-8-7-14(11-21-18)12-22-19(23)15-4-3-9-20-13-15/h2,5-8,10-11,15,20H,3-4,9,12-13H2,1H3,(H,22,23). The van der Waals surface area contributed by atoms with E-state index in [0.717, 1.165) is 37.2 Å². The monoisotopic (exact) mass is 341 g/mol. The molecule has 1 aromatic heterocycles. The van der Waals surface area contributed by atoms with Crippen LogP contribution < -0.4 is 20.1 Å². The minimum Gasteiger partial charge on any atom is -0.497 e. The zero-order chi connectivity index (χ0) is 17.5. The zero-order valence-electron chi connectivity index (χ0n) is 14.3. The molecule has 6 nitrogen and oxygen atoms in total. The lowest BCUT2D eigenvalue weighted by atomic mass is 9.99. The fraction of sp³-hybridized carbons (Fsp3) is 0.368. The maximum atomic E-state index is 12.1. The number of carbonyl (C=O) groups is 1. The maximum Gasteiger partial charge on any atom is 0.224 e. The number of carbonyl (C=O) groups excluding carboxylic acids is 1. The largest absolute Gasteiger partial charge is 0.497 e. The van der Waals surface area contributed by atoms with Gasteiger partial charge in [0.05, 0.1) is 13.0 Å². The van der Waals surface area contributed by atoms with Gasteiger partial charge in [0.25, 0.3) is 0 Å². The summed E-state index contributed by atoms with van der Waals surface area (Å²) in [5.41, 5.74) is 0.940. The summed E-state index contributed by atoms with van der Waals surface area (Å²) in [7, 11) is 1.61. The maximum absolute atomic E-state index is 12.1. The SMILES string of the molecule is COc1cccc(Oc2ccc(CNC(=O)C3CCCNC3)cn2)c1. The Balaban J connectivity index is 1.52. The molecule has 25 heavy (non-hydrogen) atoms. The van der Waals surface area contributed by atoms with E-state index in [2.05, 4.69) is 15.6 Å². The second-order valence-electron chi connectivity index (χ2n) is 6.05. The number of rotatable bonds is 6. The highest BCUT2D eigenvalue weighted by atomic mass is 16.5. The van der Waals surface area contributed by atoms with Crippen molar-refractivity contribution in [2.75, 3.05) is 20.2 Å². The van der Waals surface area contributed by atoms with Crippen LogP contribution in [-0.4, -0.2) is 31.1 Å². The second-order valence-corrected chi connectivity index (χ2v) is 6.05. The van der Waals surface area contributed by atoms with Crippen LogP contribution in [0.1, 0.15) is 18.4 Å². The lowest BCUT2D eigenvalue weighted by Crippen LogP contribution is -2.40. The van der Waals surface area contributed by atoms with Crippen LogP contribution in [0.4, 0.5) is 0 Å². The van der Waals surface area contributed by atoms with Crippen LogP contribution in [0.25, 0.3) is 0 Å². The summed E-state index contributed by atoms with van der Waals surface area (Å²) in [5.74, 6) is 2.06. The van der Waals surface area contributed by atoms with Gasteiger partial charge in [-0.3, -0.25) is 4.79 Å². The van der Waals surface area contributed by atoms with E-state index in [4.69, 9.17) is 9.47 Å². The van der Waals surface area contributed by atoms with Crippen molar-refractivity contribution in [3.63, 3.8) is 0 Å². The molecule has 1 saturated heterocycles. The molecule has 1 fully saturated rings. The third kappa shape index (κ3) is 4.93. The first-order valence-electron chi connectivity index (χ1n) is 8.50. The first kappa shape index (κ1) is 17.2. The number of aromatic nitrogens is 1. The predicted molar refractivity (Wildman–Crippen MR) is 94.7 cm³/mol. The first-order chi connectivity index (χ1) is 12.2. The number of nitrogens with zero attached hydrogens (tertiary/aromatic N) is 1. The number of ether oxygens (including phenoxy) is 2. The van der Waals surface area contributed by atoms with Gasteiger partial charge in [-0.05, 0) is 37.1 Å². The first-order valence-corrected chi connectivity index (χ1v) is 8.50. The summed E-state index contributed by atoms with van der Waals surface area (Å²) in [6.45, 7) is 2.24. The molecular formula is C19H23N3O3. The van der Waals surface area contributed by atoms with Crippen LogP contribution in [0.2, 0.25) is 0 Å². The van der Waals surface area contributed by atoms with E-state index in [-0.39, 0.29) is 11.8 Å². The molecule has 0 aliphatic carbocycles. The topological polar surface area (TPSA) is 72.5 Å². The van der Waals surface area contributed by atoms with Crippen LogP contribution in [-0.2, 0) is 11.3 Å². The Labute approximate surface area is 147 Å². The molecule has 0 bridgehead atoms. The third-order valence-electron chi connectivity index (χ3n) is 4.20. The average Bonchev–Trinajstić information content (AvgIpc) is 2.68. The molecule has 2 heterocycles. The number of hydrogen-bond donors (Lipinski definition) is 2. The molecular weight excluding hydrogens is 318 g/mol. The molecule has 1 atom stereocenters. The van der Waals surface area contributed by atoms with Crippen molar-refractivity contribution in [1.82, 2.24) is 15.6 Å². The molecule has 0 spiro atoms. The van der Waals surface area contributed by atoms with Crippen molar-refractivity contribution < 1.29 is 14.3 Å². The van der Waals surface area contributed by atoms with Crippen LogP contribution >= 0.6 is 0 Å². The Hall–Kier alpha value is -2.60. The van der Waals surface area contributed by atoms with Crippen molar-refractivity contribution >= 4 is 5.91 Å². The molecule has 2 N–H and O–H groups in total. The summed E-state index contributed by atoms with van der Waals surface area (Å²) in [6.07, 6.45) is 3.72. The summed E-state index contributed by atoms with van der Waals surface area (Å²) in [6, 6.07) is 11.1. The van der Waals surface area contributed by atoms with E-state index in [0.29, 0.717) is 18.2 Å². The van der Waals surface area contributed by atoms with Gasteiger partial charge in [0.2, 0.25) is 11.8 Å². The fourth-order valence-corrected chi connectivity index (χ4v) is 2.77. The number of pyridine rings is 1. The summed E-state index contributed by atoms with van der Waals surface area (Å²) in [4.78, 5) is 16.4. The van der Waals surface area contributed by atoms with Crippen molar-refractivity contribution in [3.8, 4) is 17.4 Å². The van der Waals surface area contributed by atoms with E-state index in [1.54, 1.807) is 25.4 Å². The van der Waals surface area contributed by atoms with E-state index < -0.39 is 0 Å². The summed E-state index contributed by atoms with van der Waals surface area (Å²) in [5, 5.41) is 6.23. The number of benzene rings is 1. The van der Waals surface area contributed by atoms with E-state index in [9.17, 15) is 4.79 Å². The Morgan fingerprint density at radius 1 is 1.32 bits per heavy atom. The number of methoxy groups -OCH3 is 1. The van der Waals surface area contributed by atoms with Crippen molar-refractivity contribution in [2.24, 2.45) is 5.92 Å². The van der Waals surface area contributed by atoms with Crippen LogP contribution in [0, 0.1) is 5.92 Å². The Bertz CT molecular complexity index is 697. The van der Waals surface area contributed by atoms with Crippen molar-refractivity contribution in [3.05, 3.63) is 48.2 Å². The van der Waals surface area contributed by atoms with Gasteiger partial charge in [0, 0.05) is 31.4 Å². The molecule has 1 unspecified atom stereocenters. The van der Waals surface area contributed by atoms with Crippen LogP contribution in [0.5, 0.6) is 17.4 Å². The molecule has 0 radical (unpaired) electrons. The number of piperidine rings is 1. The van der Waals surface area contributed by atoms with E-state index >= 15 is 0 Å². The van der Waals surface area contributed by atoms with Gasteiger partial charge >= 0.3 is 0 Å². The average molecular weight is 341 g/mol. The number of amides is 1. The van der Waals surface area contributed by atoms with Crippen molar-refractivity contribution in [2.45, 2.75) is 19.4 Å². The van der Waals surface area contributed by atoms with Gasteiger partial charge in [-0.2, -0.15) is 0 Å². The van der Waals surface area contributed by atoms with Gasteiger partial charge in [0.15, 0.2) is 0 Å². The summed E-state index contributed by atoms with van der Waals surface area (Å²) < 4.78 is 10.9. The van der Waals surface area contributed by atoms with Gasteiger partial charge in [-0.25, -0.2) is 4.98 Å².